The highest BCUT2D eigenvalue weighted by Gasteiger charge is 2.42. The summed E-state index contributed by atoms with van der Waals surface area (Å²) in [5.41, 5.74) is 2.93. The van der Waals surface area contributed by atoms with E-state index >= 15 is 0 Å². The number of ether oxygens (including phenoxy) is 2. The molecule has 7 heteroatoms. The number of amides is 2. The van der Waals surface area contributed by atoms with Gasteiger partial charge in [0.1, 0.15) is 0 Å². The lowest BCUT2D eigenvalue weighted by molar-refractivity contribution is -0.124. The first kappa shape index (κ1) is 21.4. The Balaban J connectivity index is 1.76. The summed E-state index contributed by atoms with van der Waals surface area (Å²) in [5.74, 6) is 0.235. The van der Waals surface area contributed by atoms with Crippen molar-refractivity contribution in [2.45, 2.75) is 18.5 Å². The average molecular weight is 431 g/mol. The highest BCUT2D eigenvalue weighted by atomic mass is 16.5. The summed E-state index contributed by atoms with van der Waals surface area (Å²) in [5, 5.41) is 3.02. The van der Waals surface area contributed by atoms with Crippen LogP contribution in [0.4, 0.5) is 0 Å². The number of likely N-dealkylation sites (N-methyl/N-ethyl adjacent to an activating group) is 1. The molecule has 4 rings (SSSR count). The number of benzene rings is 2. The van der Waals surface area contributed by atoms with E-state index in [1.165, 1.54) is 0 Å². The van der Waals surface area contributed by atoms with Crippen LogP contribution in [0.15, 0.2) is 67.0 Å². The summed E-state index contributed by atoms with van der Waals surface area (Å²) in [6.07, 6.45) is 3.41. The number of hydrogen-bond donors (Lipinski definition) is 1. The van der Waals surface area contributed by atoms with Gasteiger partial charge in [-0.05, 0) is 41.0 Å². The van der Waals surface area contributed by atoms with E-state index < -0.39 is 12.0 Å². The van der Waals surface area contributed by atoms with Crippen molar-refractivity contribution >= 4 is 11.8 Å². The molecule has 0 unspecified atom stereocenters. The zero-order valence-electron chi connectivity index (χ0n) is 18.2. The van der Waals surface area contributed by atoms with Gasteiger partial charge in [0, 0.05) is 31.5 Å². The smallest absolute Gasteiger partial charge is 0.254 e. The van der Waals surface area contributed by atoms with Crippen molar-refractivity contribution in [3.63, 3.8) is 0 Å². The molecule has 1 aliphatic rings. The van der Waals surface area contributed by atoms with Crippen molar-refractivity contribution in [3.8, 4) is 11.5 Å². The third kappa shape index (κ3) is 3.89. The fourth-order valence-corrected chi connectivity index (χ4v) is 4.21. The standard InChI is InChI=1S/C25H25N3O4/c1-28-23(17-10-11-20(31-2)21(13-17)32-3)22(18-8-4-5-9-19(18)25(28)30)24(29)27-15-16-7-6-12-26-14-16/h4-14,22-23H,15H2,1-3H3,(H,27,29)/t22-,23-/m0/s1. The molecule has 2 heterocycles. The van der Waals surface area contributed by atoms with Crippen LogP contribution in [-0.2, 0) is 11.3 Å². The van der Waals surface area contributed by atoms with Gasteiger partial charge in [-0.2, -0.15) is 0 Å². The number of carbonyl (C=O) groups is 2. The summed E-state index contributed by atoms with van der Waals surface area (Å²) in [6.45, 7) is 0.349. The maximum absolute atomic E-state index is 13.5. The Morgan fingerprint density at radius 2 is 1.84 bits per heavy atom. The summed E-state index contributed by atoms with van der Waals surface area (Å²) >= 11 is 0. The lowest BCUT2D eigenvalue weighted by atomic mass is 9.79. The lowest BCUT2D eigenvalue weighted by Crippen LogP contribution is -2.45. The Morgan fingerprint density at radius 3 is 2.56 bits per heavy atom. The first-order chi connectivity index (χ1) is 15.5. The number of pyridine rings is 1. The minimum absolute atomic E-state index is 0.128. The lowest BCUT2D eigenvalue weighted by Gasteiger charge is -2.40. The van der Waals surface area contributed by atoms with Gasteiger partial charge in [0.25, 0.3) is 5.91 Å². The van der Waals surface area contributed by atoms with Gasteiger partial charge < -0.3 is 19.7 Å². The molecule has 0 aliphatic carbocycles. The number of fused-ring (bicyclic) bond motifs is 1. The molecule has 7 nitrogen and oxygen atoms in total. The number of methoxy groups -OCH3 is 2. The fourth-order valence-electron chi connectivity index (χ4n) is 4.21. The first-order valence-electron chi connectivity index (χ1n) is 10.3. The van der Waals surface area contributed by atoms with E-state index in [2.05, 4.69) is 10.3 Å². The van der Waals surface area contributed by atoms with Crippen molar-refractivity contribution < 1.29 is 19.1 Å². The molecule has 0 saturated heterocycles. The molecule has 164 valence electrons. The first-order valence-corrected chi connectivity index (χ1v) is 10.3. The van der Waals surface area contributed by atoms with Crippen LogP contribution in [0.2, 0.25) is 0 Å². The van der Waals surface area contributed by atoms with E-state index in [9.17, 15) is 9.59 Å². The third-order valence-corrected chi connectivity index (χ3v) is 5.80. The predicted octanol–water partition coefficient (Wildman–Crippen LogP) is 3.33. The fraction of sp³-hybridized carbons (Fsp3) is 0.240. The normalized spacial score (nSPS) is 17.5. The monoisotopic (exact) mass is 431 g/mol. The zero-order valence-corrected chi connectivity index (χ0v) is 18.2. The number of rotatable bonds is 6. The molecule has 0 fully saturated rings. The summed E-state index contributed by atoms with van der Waals surface area (Å²) in [6, 6.07) is 16.0. The van der Waals surface area contributed by atoms with E-state index in [0.29, 0.717) is 29.2 Å². The molecule has 0 radical (unpaired) electrons. The molecule has 2 atom stereocenters. The van der Waals surface area contributed by atoms with Crippen molar-refractivity contribution in [3.05, 3.63) is 89.2 Å². The molecule has 3 aromatic rings. The highest BCUT2D eigenvalue weighted by molar-refractivity contribution is 6.01. The van der Waals surface area contributed by atoms with Crippen LogP contribution in [0.1, 0.15) is 39.0 Å². The molecular formula is C25H25N3O4. The number of hydrogen-bond acceptors (Lipinski definition) is 5. The summed E-state index contributed by atoms with van der Waals surface area (Å²) < 4.78 is 10.8. The summed E-state index contributed by atoms with van der Waals surface area (Å²) in [4.78, 5) is 32.4. The predicted molar refractivity (Wildman–Crippen MR) is 120 cm³/mol. The molecule has 1 aromatic heterocycles. The minimum atomic E-state index is -0.594. The Kier molecular flexibility index (Phi) is 6.07. The molecule has 0 saturated carbocycles. The maximum Gasteiger partial charge on any atom is 0.254 e. The van der Waals surface area contributed by atoms with Crippen molar-refractivity contribution in [1.29, 1.82) is 0 Å². The largest absolute Gasteiger partial charge is 0.493 e. The maximum atomic E-state index is 13.5. The van der Waals surface area contributed by atoms with Crippen molar-refractivity contribution in [2.24, 2.45) is 0 Å². The van der Waals surface area contributed by atoms with Gasteiger partial charge in [-0.25, -0.2) is 0 Å². The van der Waals surface area contributed by atoms with Crippen LogP contribution in [0, 0.1) is 0 Å². The average Bonchev–Trinajstić information content (AvgIpc) is 2.84. The molecule has 1 aliphatic heterocycles. The third-order valence-electron chi connectivity index (χ3n) is 5.80. The number of aromatic nitrogens is 1. The van der Waals surface area contributed by atoms with Crippen molar-refractivity contribution in [1.82, 2.24) is 15.2 Å². The van der Waals surface area contributed by atoms with Crippen LogP contribution in [-0.4, -0.2) is 43.0 Å². The summed E-state index contributed by atoms with van der Waals surface area (Å²) in [7, 11) is 4.85. The SMILES string of the molecule is COc1ccc([C@H]2[C@@H](C(=O)NCc3cccnc3)c3ccccc3C(=O)N2C)cc1OC. The molecule has 0 bridgehead atoms. The van der Waals surface area contributed by atoms with Gasteiger partial charge in [-0.1, -0.05) is 30.3 Å². The van der Waals surface area contributed by atoms with E-state index in [1.807, 2.05) is 42.5 Å². The van der Waals surface area contributed by atoms with Gasteiger partial charge in [0.2, 0.25) is 5.91 Å². The molecular weight excluding hydrogens is 406 g/mol. The van der Waals surface area contributed by atoms with Crippen LogP contribution in [0.25, 0.3) is 0 Å². The van der Waals surface area contributed by atoms with Crippen LogP contribution < -0.4 is 14.8 Å². The van der Waals surface area contributed by atoms with Crippen LogP contribution >= 0.6 is 0 Å². The van der Waals surface area contributed by atoms with Gasteiger partial charge in [-0.15, -0.1) is 0 Å². The second kappa shape index (κ2) is 9.09. The van der Waals surface area contributed by atoms with Crippen LogP contribution in [0.3, 0.4) is 0 Å². The number of nitrogens with one attached hydrogen (secondary N) is 1. The van der Waals surface area contributed by atoms with E-state index in [0.717, 1.165) is 11.1 Å². The van der Waals surface area contributed by atoms with Gasteiger partial charge in [-0.3, -0.25) is 14.6 Å². The highest BCUT2D eigenvalue weighted by Crippen LogP contribution is 2.43. The van der Waals surface area contributed by atoms with Gasteiger partial charge in [0.05, 0.1) is 26.2 Å². The van der Waals surface area contributed by atoms with Gasteiger partial charge in [0.15, 0.2) is 11.5 Å². The van der Waals surface area contributed by atoms with Crippen molar-refractivity contribution in [2.75, 3.05) is 21.3 Å². The Labute approximate surface area is 187 Å². The van der Waals surface area contributed by atoms with E-state index in [4.69, 9.17) is 9.47 Å². The Morgan fingerprint density at radius 1 is 1.06 bits per heavy atom. The van der Waals surface area contributed by atoms with E-state index in [1.54, 1.807) is 50.7 Å². The molecule has 2 amide bonds. The zero-order chi connectivity index (χ0) is 22.7. The van der Waals surface area contributed by atoms with E-state index in [-0.39, 0.29) is 11.8 Å². The second-order valence-electron chi connectivity index (χ2n) is 7.62. The molecule has 32 heavy (non-hydrogen) atoms. The molecule has 0 spiro atoms. The van der Waals surface area contributed by atoms with Gasteiger partial charge >= 0.3 is 0 Å². The minimum Gasteiger partial charge on any atom is -0.493 e. The number of carbonyl (C=O) groups excluding carboxylic acids is 2. The Hall–Kier alpha value is -3.87. The topological polar surface area (TPSA) is 80.8 Å². The molecule has 2 aromatic carbocycles. The Bertz CT molecular complexity index is 1130. The molecule has 1 N–H and O–H groups in total. The number of nitrogens with zero attached hydrogens (tertiary/aromatic N) is 2. The second-order valence-corrected chi connectivity index (χ2v) is 7.62. The van der Waals surface area contributed by atoms with Crippen LogP contribution in [0.5, 0.6) is 11.5 Å². The quantitative estimate of drug-likeness (QED) is 0.648.